The van der Waals surface area contributed by atoms with Crippen molar-refractivity contribution in [3.8, 4) is 6.07 Å². The van der Waals surface area contributed by atoms with Gasteiger partial charge in [-0.25, -0.2) is 4.98 Å². The van der Waals surface area contributed by atoms with E-state index in [1.54, 1.807) is 20.2 Å². The molecule has 0 aliphatic rings. The van der Waals surface area contributed by atoms with E-state index < -0.39 is 0 Å². The van der Waals surface area contributed by atoms with Crippen molar-refractivity contribution in [1.82, 2.24) is 9.88 Å². The maximum Gasteiger partial charge on any atom is 0.223 e. The zero-order chi connectivity index (χ0) is 12.8. The van der Waals surface area contributed by atoms with Gasteiger partial charge in [0.25, 0.3) is 0 Å². The summed E-state index contributed by atoms with van der Waals surface area (Å²) in [7, 11) is 3.41. The lowest BCUT2D eigenvalue weighted by atomic mass is 10.2. The Labute approximate surface area is 100 Å². The molecule has 1 aromatic rings. The summed E-state index contributed by atoms with van der Waals surface area (Å²) in [5.74, 6) is 0.528. The Kier molecular flexibility index (Phi) is 4.29. The fourth-order valence-corrected chi connectivity index (χ4v) is 1.20. The summed E-state index contributed by atoms with van der Waals surface area (Å²) in [6.07, 6.45) is 1.81. The average Bonchev–Trinajstić information content (AvgIpc) is 2.30. The molecule has 0 radical (unpaired) electrons. The van der Waals surface area contributed by atoms with Crippen molar-refractivity contribution in [2.45, 2.75) is 6.42 Å². The lowest BCUT2D eigenvalue weighted by Gasteiger charge is -2.11. The number of nitrogens with zero attached hydrogens (tertiary/aromatic N) is 3. The van der Waals surface area contributed by atoms with Crippen LogP contribution in [0, 0.1) is 11.3 Å². The smallest absolute Gasteiger partial charge is 0.223 e. The molecule has 0 bridgehead atoms. The van der Waals surface area contributed by atoms with Crippen molar-refractivity contribution < 1.29 is 4.79 Å². The first-order valence-electron chi connectivity index (χ1n) is 5.14. The number of hydrogen-bond acceptors (Lipinski definition) is 5. The molecular formula is C11H15N5O. The maximum absolute atomic E-state index is 11.3. The number of rotatable bonds is 4. The molecule has 0 unspecified atom stereocenters. The van der Waals surface area contributed by atoms with Crippen molar-refractivity contribution in [3.05, 3.63) is 17.8 Å². The average molecular weight is 233 g/mol. The highest BCUT2D eigenvalue weighted by Crippen LogP contribution is 2.15. The van der Waals surface area contributed by atoms with E-state index in [0.29, 0.717) is 30.0 Å². The normalized spacial score (nSPS) is 9.47. The number of nitrogens with two attached hydrogens (primary N) is 1. The van der Waals surface area contributed by atoms with Gasteiger partial charge in [0.2, 0.25) is 5.91 Å². The zero-order valence-corrected chi connectivity index (χ0v) is 9.90. The molecule has 0 atom stereocenters. The topological polar surface area (TPSA) is 95.0 Å². The van der Waals surface area contributed by atoms with Crippen LogP contribution in [-0.4, -0.2) is 36.4 Å². The summed E-state index contributed by atoms with van der Waals surface area (Å²) in [4.78, 5) is 16.8. The molecule has 0 aliphatic carbocycles. The van der Waals surface area contributed by atoms with Gasteiger partial charge in [-0.1, -0.05) is 0 Å². The number of pyridine rings is 1. The van der Waals surface area contributed by atoms with Crippen LogP contribution in [-0.2, 0) is 4.79 Å². The SMILES string of the molecule is CN(C)C(=O)CCNc1ncc(C#N)cc1N. The minimum atomic E-state index is 0.0321. The van der Waals surface area contributed by atoms with Gasteiger partial charge < -0.3 is 16.0 Å². The van der Waals surface area contributed by atoms with E-state index in [1.165, 1.54) is 11.1 Å². The molecule has 17 heavy (non-hydrogen) atoms. The van der Waals surface area contributed by atoms with E-state index in [4.69, 9.17) is 11.0 Å². The summed E-state index contributed by atoms with van der Waals surface area (Å²) < 4.78 is 0. The number of nitrogen functional groups attached to an aromatic ring is 1. The summed E-state index contributed by atoms with van der Waals surface area (Å²) in [5, 5.41) is 11.6. The number of carbonyl (C=O) groups is 1. The molecule has 0 aliphatic heterocycles. The molecule has 0 aromatic carbocycles. The van der Waals surface area contributed by atoms with Gasteiger partial charge in [0.1, 0.15) is 11.9 Å². The van der Waals surface area contributed by atoms with E-state index in [1.807, 2.05) is 6.07 Å². The van der Waals surface area contributed by atoms with Crippen LogP contribution in [0.2, 0.25) is 0 Å². The third-order valence-corrected chi connectivity index (χ3v) is 2.18. The number of hydrogen-bond donors (Lipinski definition) is 2. The van der Waals surface area contributed by atoms with Gasteiger partial charge in [-0.05, 0) is 6.07 Å². The zero-order valence-electron chi connectivity index (χ0n) is 9.90. The number of nitriles is 1. The number of amides is 1. The quantitative estimate of drug-likeness (QED) is 0.786. The summed E-state index contributed by atoms with van der Waals surface area (Å²) in [6, 6.07) is 3.50. The van der Waals surface area contributed by atoms with Crippen LogP contribution in [0.1, 0.15) is 12.0 Å². The van der Waals surface area contributed by atoms with Crippen molar-refractivity contribution in [1.29, 1.82) is 5.26 Å². The van der Waals surface area contributed by atoms with Crippen LogP contribution >= 0.6 is 0 Å². The number of aromatic nitrogens is 1. The Balaban J connectivity index is 2.53. The third-order valence-electron chi connectivity index (χ3n) is 2.18. The first-order valence-corrected chi connectivity index (χ1v) is 5.14. The predicted molar refractivity (Wildman–Crippen MR) is 65.2 cm³/mol. The van der Waals surface area contributed by atoms with Gasteiger partial charge >= 0.3 is 0 Å². The number of anilines is 2. The van der Waals surface area contributed by atoms with Crippen LogP contribution in [0.4, 0.5) is 11.5 Å². The highest BCUT2D eigenvalue weighted by atomic mass is 16.2. The lowest BCUT2D eigenvalue weighted by molar-refractivity contribution is -0.128. The van der Waals surface area contributed by atoms with Gasteiger partial charge in [0, 0.05) is 33.3 Å². The van der Waals surface area contributed by atoms with Gasteiger partial charge in [-0.3, -0.25) is 4.79 Å². The second-order valence-electron chi connectivity index (χ2n) is 3.74. The fraction of sp³-hybridized carbons (Fsp3) is 0.364. The van der Waals surface area contributed by atoms with E-state index in [9.17, 15) is 4.79 Å². The lowest BCUT2D eigenvalue weighted by Crippen LogP contribution is -2.24. The molecule has 1 aromatic heterocycles. The minimum absolute atomic E-state index is 0.0321. The second kappa shape index (κ2) is 5.70. The van der Waals surface area contributed by atoms with Crippen LogP contribution in [0.25, 0.3) is 0 Å². The third kappa shape index (κ3) is 3.65. The van der Waals surface area contributed by atoms with Crippen LogP contribution in [0.15, 0.2) is 12.3 Å². The first kappa shape index (κ1) is 12.8. The highest BCUT2D eigenvalue weighted by molar-refractivity contribution is 5.76. The van der Waals surface area contributed by atoms with Crippen molar-refractivity contribution in [3.63, 3.8) is 0 Å². The Bertz CT molecular complexity index is 450. The first-order chi connectivity index (χ1) is 8.04. The van der Waals surface area contributed by atoms with Crippen LogP contribution < -0.4 is 11.1 Å². The van der Waals surface area contributed by atoms with Gasteiger partial charge in [0.05, 0.1) is 11.3 Å². The Morgan fingerprint density at radius 3 is 2.88 bits per heavy atom. The van der Waals surface area contributed by atoms with Gasteiger partial charge in [-0.2, -0.15) is 5.26 Å². The monoisotopic (exact) mass is 233 g/mol. The molecular weight excluding hydrogens is 218 g/mol. The van der Waals surface area contributed by atoms with E-state index in [2.05, 4.69) is 10.3 Å². The molecule has 1 rings (SSSR count). The maximum atomic E-state index is 11.3. The number of nitrogens with one attached hydrogen (secondary N) is 1. The molecule has 1 amide bonds. The predicted octanol–water partition coefficient (Wildman–Crippen LogP) is 0.426. The van der Waals surface area contributed by atoms with E-state index >= 15 is 0 Å². The minimum Gasteiger partial charge on any atom is -0.396 e. The molecule has 3 N–H and O–H groups in total. The Morgan fingerprint density at radius 2 is 2.35 bits per heavy atom. The molecule has 6 heteroatoms. The van der Waals surface area contributed by atoms with Crippen molar-refractivity contribution in [2.24, 2.45) is 0 Å². The van der Waals surface area contributed by atoms with Crippen LogP contribution in [0.5, 0.6) is 0 Å². The Hall–Kier alpha value is -2.29. The van der Waals surface area contributed by atoms with E-state index in [0.717, 1.165) is 0 Å². The second-order valence-corrected chi connectivity index (χ2v) is 3.74. The standard InChI is InChI=1S/C11H15N5O/c1-16(2)10(17)3-4-14-11-9(13)5-8(6-12)7-15-11/h5,7H,3-4,13H2,1-2H3,(H,14,15). The fourth-order valence-electron chi connectivity index (χ4n) is 1.20. The summed E-state index contributed by atoms with van der Waals surface area (Å²) in [5.41, 5.74) is 6.52. The van der Waals surface area contributed by atoms with Crippen LogP contribution in [0.3, 0.4) is 0 Å². The van der Waals surface area contributed by atoms with Gasteiger partial charge in [-0.15, -0.1) is 0 Å². The highest BCUT2D eigenvalue weighted by Gasteiger charge is 2.05. The molecule has 1 heterocycles. The Morgan fingerprint density at radius 1 is 1.65 bits per heavy atom. The molecule has 6 nitrogen and oxygen atoms in total. The molecule has 0 saturated heterocycles. The molecule has 90 valence electrons. The molecule has 0 saturated carbocycles. The summed E-state index contributed by atoms with van der Waals surface area (Å²) in [6.45, 7) is 0.458. The largest absolute Gasteiger partial charge is 0.396 e. The van der Waals surface area contributed by atoms with Crippen molar-refractivity contribution in [2.75, 3.05) is 31.7 Å². The summed E-state index contributed by atoms with van der Waals surface area (Å²) >= 11 is 0. The van der Waals surface area contributed by atoms with Crippen molar-refractivity contribution >= 4 is 17.4 Å². The van der Waals surface area contributed by atoms with Gasteiger partial charge in [0.15, 0.2) is 0 Å². The van der Waals surface area contributed by atoms with E-state index in [-0.39, 0.29) is 5.91 Å². The number of carbonyl (C=O) groups excluding carboxylic acids is 1. The molecule has 0 spiro atoms. The molecule has 0 fully saturated rings.